The third kappa shape index (κ3) is 2.98. The number of hydrogen-bond donors (Lipinski definition) is 4. The van der Waals surface area contributed by atoms with Crippen LogP contribution >= 0.6 is 0 Å². The van der Waals surface area contributed by atoms with E-state index in [1.807, 2.05) is 54.6 Å². The topological polar surface area (TPSA) is 112 Å². The lowest BCUT2D eigenvalue weighted by molar-refractivity contribution is -0.121. The van der Waals surface area contributed by atoms with Gasteiger partial charge in [-0.25, -0.2) is 5.43 Å². The average molecular weight is 450 g/mol. The van der Waals surface area contributed by atoms with Crippen LogP contribution in [0.3, 0.4) is 0 Å². The molecule has 34 heavy (non-hydrogen) atoms. The highest BCUT2D eigenvalue weighted by Crippen LogP contribution is 2.40. The minimum absolute atomic E-state index is 0.160. The summed E-state index contributed by atoms with van der Waals surface area (Å²) in [5.41, 5.74) is 14.5. The number of carbonyl (C=O) groups excluding carboxylic acids is 2. The molecule has 4 aromatic rings. The van der Waals surface area contributed by atoms with Gasteiger partial charge in [0, 0.05) is 28.7 Å². The van der Waals surface area contributed by atoms with Crippen molar-refractivity contribution in [2.45, 2.75) is 18.3 Å². The Morgan fingerprint density at radius 1 is 1.09 bits per heavy atom. The molecule has 1 atom stereocenters. The molecule has 6 rings (SSSR count). The highest BCUT2D eigenvalue weighted by molar-refractivity contribution is 6.18. The SMILES string of the molecule is NCC1(C(=O)Nc2cc3c4c(c(-c5ccccc5)[nH]c4c2)C=NNC3=O)CCc2ccccc21. The maximum absolute atomic E-state index is 13.6. The number of benzene rings is 3. The first-order valence-corrected chi connectivity index (χ1v) is 11.3. The monoisotopic (exact) mass is 449 g/mol. The van der Waals surface area contributed by atoms with Crippen LogP contribution < -0.4 is 16.5 Å². The van der Waals surface area contributed by atoms with Gasteiger partial charge in [-0.2, -0.15) is 5.10 Å². The summed E-state index contributed by atoms with van der Waals surface area (Å²) < 4.78 is 0. The summed E-state index contributed by atoms with van der Waals surface area (Å²) in [6.45, 7) is 0.212. The third-order valence-corrected chi connectivity index (χ3v) is 7.00. The molecule has 0 radical (unpaired) electrons. The van der Waals surface area contributed by atoms with Gasteiger partial charge in [-0.1, -0.05) is 54.6 Å². The van der Waals surface area contributed by atoms with Crippen LogP contribution in [-0.2, 0) is 16.6 Å². The number of H-pyrrole nitrogens is 1. The highest BCUT2D eigenvalue weighted by Gasteiger charge is 2.44. The Labute approximate surface area is 196 Å². The Balaban J connectivity index is 1.45. The van der Waals surface area contributed by atoms with Gasteiger partial charge in [0.25, 0.3) is 5.91 Å². The number of fused-ring (bicyclic) bond motifs is 1. The van der Waals surface area contributed by atoms with Crippen molar-refractivity contribution >= 4 is 34.6 Å². The summed E-state index contributed by atoms with van der Waals surface area (Å²) in [5, 5.41) is 7.94. The fraction of sp³-hybridized carbons (Fsp3) is 0.148. The van der Waals surface area contributed by atoms with Crippen molar-refractivity contribution < 1.29 is 9.59 Å². The third-order valence-electron chi connectivity index (χ3n) is 7.00. The molecule has 1 aromatic heterocycles. The van der Waals surface area contributed by atoms with E-state index < -0.39 is 5.41 Å². The second kappa shape index (κ2) is 7.67. The quantitative estimate of drug-likeness (QED) is 0.381. The molecular formula is C27H23N5O2. The minimum atomic E-state index is -0.791. The molecule has 168 valence electrons. The predicted octanol–water partition coefficient (Wildman–Crippen LogP) is 3.69. The van der Waals surface area contributed by atoms with Gasteiger partial charge < -0.3 is 16.0 Å². The summed E-state index contributed by atoms with van der Waals surface area (Å²) in [4.78, 5) is 29.9. The maximum atomic E-state index is 13.6. The molecule has 7 nitrogen and oxygen atoms in total. The minimum Gasteiger partial charge on any atom is -0.354 e. The lowest BCUT2D eigenvalue weighted by atomic mass is 9.81. The second-order valence-corrected chi connectivity index (χ2v) is 8.82. The fourth-order valence-electron chi connectivity index (χ4n) is 5.27. The molecule has 2 heterocycles. The molecule has 0 spiro atoms. The number of nitrogens with two attached hydrogens (primary N) is 1. The number of carbonyl (C=O) groups is 2. The van der Waals surface area contributed by atoms with Gasteiger partial charge >= 0.3 is 0 Å². The van der Waals surface area contributed by atoms with E-state index in [1.54, 1.807) is 12.3 Å². The molecular weight excluding hydrogens is 426 g/mol. The first-order valence-electron chi connectivity index (χ1n) is 11.3. The number of nitrogens with zero attached hydrogens (tertiary/aromatic N) is 1. The molecule has 0 bridgehead atoms. The zero-order valence-electron chi connectivity index (χ0n) is 18.4. The maximum Gasteiger partial charge on any atom is 0.272 e. The van der Waals surface area contributed by atoms with Crippen molar-refractivity contribution in [1.29, 1.82) is 0 Å². The van der Waals surface area contributed by atoms with Gasteiger partial charge in [0.2, 0.25) is 5.91 Å². The molecule has 2 aliphatic rings. The molecule has 0 fully saturated rings. The Kier molecular flexibility index (Phi) is 4.60. The summed E-state index contributed by atoms with van der Waals surface area (Å²) >= 11 is 0. The van der Waals surface area contributed by atoms with Crippen LogP contribution in [0.5, 0.6) is 0 Å². The standard InChI is InChI=1S/C27H23N5O2/c28-15-27(11-10-16-6-4-5-9-21(16)27)26(34)30-18-12-19-23-20(14-29-32-25(19)33)24(31-22(23)13-18)17-7-2-1-3-8-17/h1-9,12-14,31H,10-11,15,28H2,(H,30,34)(H,32,33). The number of rotatable bonds is 4. The Morgan fingerprint density at radius 2 is 1.88 bits per heavy atom. The van der Waals surface area contributed by atoms with E-state index in [9.17, 15) is 9.59 Å². The van der Waals surface area contributed by atoms with Gasteiger partial charge in [0.15, 0.2) is 0 Å². The van der Waals surface area contributed by atoms with E-state index in [4.69, 9.17) is 5.73 Å². The van der Waals surface area contributed by atoms with E-state index in [2.05, 4.69) is 26.9 Å². The smallest absolute Gasteiger partial charge is 0.272 e. The average Bonchev–Trinajstić information content (AvgIpc) is 3.38. The van der Waals surface area contributed by atoms with Crippen LogP contribution in [0.1, 0.15) is 33.5 Å². The lowest BCUT2D eigenvalue weighted by Crippen LogP contribution is -2.44. The van der Waals surface area contributed by atoms with Crippen molar-refractivity contribution in [2.75, 3.05) is 11.9 Å². The molecule has 0 saturated heterocycles. The number of aryl methyl sites for hydroxylation is 1. The van der Waals surface area contributed by atoms with Crippen LogP contribution in [0.4, 0.5) is 5.69 Å². The van der Waals surface area contributed by atoms with Crippen LogP contribution in [0.2, 0.25) is 0 Å². The van der Waals surface area contributed by atoms with Crippen LogP contribution in [0, 0.1) is 0 Å². The van der Waals surface area contributed by atoms with Crippen molar-refractivity contribution in [2.24, 2.45) is 10.8 Å². The fourth-order valence-corrected chi connectivity index (χ4v) is 5.27. The number of anilines is 1. The van der Waals surface area contributed by atoms with Crippen LogP contribution in [-0.4, -0.2) is 29.6 Å². The van der Waals surface area contributed by atoms with Gasteiger partial charge in [-0.05, 0) is 41.7 Å². The molecule has 3 aromatic carbocycles. The summed E-state index contributed by atoms with van der Waals surface area (Å²) in [6.07, 6.45) is 3.13. The number of aromatic nitrogens is 1. The van der Waals surface area contributed by atoms with Crippen molar-refractivity contribution in [1.82, 2.24) is 10.4 Å². The van der Waals surface area contributed by atoms with Crippen LogP contribution in [0.15, 0.2) is 71.8 Å². The first kappa shape index (κ1) is 20.4. The number of amides is 2. The molecule has 0 saturated carbocycles. The number of hydrogen-bond acceptors (Lipinski definition) is 4. The Morgan fingerprint density at radius 3 is 2.71 bits per heavy atom. The van der Waals surface area contributed by atoms with Crippen molar-refractivity contribution in [3.63, 3.8) is 0 Å². The Hall–Kier alpha value is -4.23. The number of nitrogens with one attached hydrogen (secondary N) is 3. The number of hydrazone groups is 1. The van der Waals surface area contributed by atoms with Crippen molar-refractivity contribution in [3.05, 3.63) is 89.0 Å². The zero-order chi connectivity index (χ0) is 23.3. The van der Waals surface area contributed by atoms with Gasteiger partial charge in [0.05, 0.1) is 22.9 Å². The molecule has 7 heteroatoms. The van der Waals surface area contributed by atoms with E-state index in [0.717, 1.165) is 45.3 Å². The van der Waals surface area contributed by atoms with Gasteiger partial charge in [-0.15, -0.1) is 0 Å². The normalized spacial score (nSPS) is 18.4. The van der Waals surface area contributed by atoms with E-state index in [0.29, 0.717) is 17.7 Å². The number of aromatic amines is 1. The molecule has 5 N–H and O–H groups in total. The summed E-state index contributed by atoms with van der Waals surface area (Å²) in [5.74, 6) is -0.485. The van der Waals surface area contributed by atoms with Gasteiger partial charge in [-0.3, -0.25) is 9.59 Å². The van der Waals surface area contributed by atoms with Gasteiger partial charge in [0.1, 0.15) is 0 Å². The highest BCUT2D eigenvalue weighted by atomic mass is 16.2. The molecule has 1 unspecified atom stereocenters. The van der Waals surface area contributed by atoms with E-state index in [-0.39, 0.29) is 18.4 Å². The second-order valence-electron chi connectivity index (χ2n) is 8.82. The first-order chi connectivity index (χ1) is 16.6. The van der Waals surface area contributed by atoms with Crippen LogP contribution in [0.25, 0.3) is 22.2 Å². The van der Waals surface area contributed by atoms with E-state index >= 15 is 0 Å². The van der Waals surface area contributed by atoms with Crippen molar-refractivity contribution in [3.8, 4) is 11.3 Å². The molecule has 1 aliphatic carbocycles. The lowest BCUT2D eigenvalue weighted by Gasteiger charge is -2.27. The summed E-state index contributed by atoms with van der Waals surface area (Å²) in [7, 11) is 0. The predicted molar refractivity (Wildman–Crippen MR) is 133 cm³/mol. The van der Waals surface area contributed by atoms with E-state index in [1.165, 1.54) is 0 Å². The molecule has 2 amide bonds. The Bertz CT molecular complexity index is 1490. The molecule has 1 aliphatic heterocycles. The largest absolute Gasteiger partial charge is 0.354 e. The summed E-state index contributed by atoms with van der Waals surface area (Å²) in [6, 6.07) is 21.4. The zero-order valence-corrected chi connectivity index (χ0v) is 18.4.